The number of rotatable bonds is 5. The molecule has 1 aliphatic rings. The molecule has 32 heavy (non-hydrogen) atoms. The molecule has 0 bridgehead atoms. The number of imide groups is 1. The molecule has 3 rings (SSSR count). The van der Waals surface area contributed by atoms with Crippen LogP contribution in [0.5, 0.6) is 0 Å². The second-order valence-electron chi connectivity index (χ2n) is 7.83. The summed E-state index contributed by atoms with van der Waals surface area (Å²) in [6, 6.07) is 9.55. The van der Waals surface area contributed by atoms with Crippen molar-refractivity contribution < 1.29 is 23.2 Å². The third-order valence-electron chi connectivity index (χ3n) is 5.35. The van der Waals surface area contributed by atoms with E-state index in [1.807, 2.05) is 36.4 Å². The highest BCUT2D eigenvalue weighted by Gasteiger charge is 2.39. The first-order valence-electron chi connectivity index (χ1n) is 10.2. The third kappa shape index (κ3) is 5.08. The Morgan fingerprint density at radius 1 is 1.16 bits per heavy atom. The van der Waals surface area contributed by atoms with Crippen molar-refractivity contribution in [2.45, 2.75) is 37.9 Å². The number of amides is 3. The monoisotopic (exact) mass is 441 g/mol. The Labute approximate surface area is 185 Å². The lowest BCUT2D eigenvalue weighted by Gasteiger charge is -2.33. The molecule has 3 amide bonds. The summed E-state index contributed by atoms with van der Waals surface area (Å²) in [5.74, 6) is -3.59. The lowest BCUT2D eigenvalue weighted by Crippen LogP contribution is -2.56. The van der Waals surface area contributed by atoms with E-state index in [9.17, 15) is 23.2 Å². The van der Waals surface area contributed by atoms with Crippen molar-refractivity contribution in [3.05, 3.63) is 83.4 Å². The molecule has 1 heterocycles. The molecule has 3 atom stereocenters. The predicted octanol–water partition coefficient (Wildman–Crippen LogP) is 2.74. The zero-order chi connectivity index (χ0) is 23.4. The summed E-state index contributed by atoms with van der Waals surface area (Å²) in [5, 5.41) is 0. The Bertz CT molecular complexity index is 1020. The summed E-state index contributed by atoms with van der Waals surface area (Å²) >= 11 is 0. The molecule has 0 aliphatic carbocycles. The van der Waals surface area contributed by atoms with Crippen LogP contribution >= 0.6 is 0 Å². The number of nitrogens with two attached hydrogens (primary N) is 1. The maximum atomic E-state index is 13.6. The largest absolute Gasteiger partial charge is 0.333 e. The van der Waals surface area contributed by atoms with Crippen molar-refractivity contribution >= 4 is 17.7 Å². The fraction of sp³-hybridized carbons (Fsp3) is 0.292. The van der Waals surface area contributed by atoms with Crippen molar-refractivity contribution in [2.75, 3.05) is 7.05 Å². The summed E-state index contributed by atoms with van der Waals surface area (Å²) in [4.78, 5) is 41.6. The van der Waals surface area contributed by atoms with Gasteiger partial charge in [-0.25, -0.2) is 8.78 Å². The highest BCUT2D eigenvalue weighted by atomic mass is 19.1. The molecule has 2 aromatic rings. The van der Waals surface area contributed by atoms with Crippen molar-refractivity contribution in [2.24, 2.45) is 5.73 Å². The molecule has 0 fully saturated rings. The van der Waals surface area contributed by atoms with Crippen LogP contribution < -0.4 is 5.73 Å². The first-order chi connectivity index (χ1) is 15.2. The first kappa shape index (κ1) is 23.3. The highest BCUT2D eigenvalue weighted by Crippen LogP contribution is 2.27. The minimum Gasteiger partial charge on any atom is -0.333 e. The second-order valence-corrected chi connectivity index (χ2v) is 7.83. The molecule has 0 saturated carbocycles. The Morgan fingerprint density at radius 2 is 1.78 bits per heavy atom. The molecular formula is C24H25F2N3O3. The molecule has 2 aromatic carbocycles. The normalized spacial score (nSPS) is 19.4. The Balaban J connectivity index is 1.91. The second kappa shape index (κ2) is 9.82. The molecule has 6 nitrogen and oxygen atoms in total. The number of halogens is 2. The van der Waals surface area contributed by atoms with Crippen LogP contribution in [0.3, 0.4) is 0 Å². The molecule has 8 heteroatoms. The zero-order valence-electron chi connectivity index (χ0n) is 17.9. The molecule has 0 saturated heterocycles. The van der Waals surface area contributed by atoms with Crippen molar-refractivity contribution in [3.63, 3.8) is 0 Å². The lowest BCUT2D eigenvalue weighted by molar-refractivity contribution is -0.155. The van der Waals surface area contributed by atoms with Crippen LogP contribution in [-0.4, -0.2) is 46.7 Å². The van der Waals surface area contributed by atoms with Gasteiger partial charge < -0.3 is 10.6 Å². The van der Waals surface area contributed by atoms with E-state index in [1.165, 1.54) is 11.8 Å². The average molecular weight is 441 g/mol. The number of likely N-dealkylation sites (N-methyl/N-ethyl adjacent to an activating group) is 1. The molecule has 2 N–H and O–H groups in total. The van der Waals surface area contributed by atoms with Crippen molar-refractivity contribution in [1.82, 2.24) is 9.80 Å². The van der Waals surface area contributed by atoms with Gasteiger partial charge in [0.15, 0.2) is 0 Å². The van der Waals surface area contributed by atoms with Crippen LogP contribution in [0, 0.1) is 11.6 Å². The number of carbonyl (C=O) groups excluding carboxylic acids is 3. The standard InChI is InChI=1S/C24H25F2N3O3/c1-15(27)23(31)29(22(30)13-16-11-18(25)14-19(26)12-16)21-10-6-9-20(28(2)24(21)32)17-7-4-3-5-8-17/h3-9,11-12,14-15,20-21H,10,13,27H2,1-2H3/t15-,20+,21-/m0/s1. The quantitative estimate of drug-likeness (QED) is 0.724. The minimum atomic E-state index is -1.12. The summed E-state index contributed by atoms with van der Waals surface area (Å²) in [7, 11) is 1.60. The van der Waals surface area contributed by atoms with Gasteiger partial charge in [-0.15, -0.1) is 0 Å². The van der Waals surface area contributed by atoms with Crippen LogP contribution in [0.25, 0.3) is 0 Å². The Kier molecular flexibility index (Phi) is 7.15. The van der Waals surface area contributed by atoms with E-state index in [1.54, 1.807) is 13.1 Å². The third-order valence-corrected chi connectivity index (χ3v) is 5.35. The van der Waals surface area contributed by atoms with E-state index in [4.69, 9.17) is 5.73 Å². The number of hydrogen-bond acceptors (Lipinski definition) is 4. The predicted molar refractivity (Wildman–Crippen MR) is 115 cm³/mol. The van der Waals surface area contributed by atoms with Gasteiger partial charge in [0.1, 0.15) is 17.7 Å². The fourth-order valence-corrected chi connectivity index (χ4v) is 3.78. The van der Waals surface area contributed by atoms with Gasteiger partial charge in [-0.1, -0.05) is 42.5 Å². The molecule has 0 aromatic heterocycles. The van der Waals surface area contributed by atoms with Crippen LogP contribution in [-0.2, 0) is 20.8 Å². The van der Waals surface area contributed by atoms with E-state index in [0.717, 1.165) is 22.6 Å². The number of nitrogens with zero attached hydrogens (tertiary/aromatic N) is 2. The maximum absolute atomic E-state index is 13.6. The zero-order valence-corrected chi connectivity index (χ0v) is 17.9. The highest BCUT2D eigenvalue weighted by molar-refractivity contribution is 6.03. The van der Waals surface area contributed by atoms with Gasteiger partial charge in [0.2, 0.25) is 17.7 Å². The minimum absolute atomic E-state index is 0.0575. The average Bonchev–Trinajstić information content (AvgIpc) is 2.87. The smallest absolute Gasteiger partial charge is 0.246 e. The maximum Gasteiger partial charge on any atom is 0.246 e. The van der Waals surface area contributed by atoms with E-state index < -0.39 is 47.9 Å². The topological polar surface area (TPSA) is 83.7 Å². The van der Waals surface area contributed by atoms with E-state index >= 15 is 0 Å². The summed E-state index contributed by atoms with van der Waals surface area (Å²) < 4.78 is 27.1. The van der Waals surface area contributed by atoms with Crippen LogP contribution in [0.2, 0.25) is 0 Å². The van der Waals surface area contributed by atoms with Gasteiger partial charge in [0, 0.05) is 13.1 Å². The lowest BCUT2D eigenvalue weighted by atomic mass is 10.1. The SMILES string of the molecule is C[C@H](N)C(=O)N(C(=O)Cc1cc(F)cc(F)c1)[C@H]1CC=C[C@H](c2ccccc2)N(C)C1=O. The molecular weight excluding hydrogens is 416 g/mol. The van der Waals surface area contributed by atoms with E-state index in [2.05, 4.69) is 0 Å². The Morgan fingerprint density at radius 3 is 2.38 bits per heavy atom. The Hall–Kier alpha value is -3.39. The van der Waals surface area contributed by atoms with E-state index in [0.29, 0.717) is 6.07 Å². The van der Waals surface area contributed by atoms with Gasteiger partial charge in [-0.05, 0) is 36.6 Å². The number of hydrogen-bond donors (Lipinski definition) is 1. The van der Waals surface area contributed by atoms with Crippen LogP contribution in [0.15, 0.2) is 60.7 Å². The van der Waals surface area contributed by atoms with Crippen molar-refractivity contribution in [3.8, 4) is 0 Å². The van der Waals surface area contributed by atoms with Gasteiger partial charge >= 0.3 is 0 Å². The van der Waals surface area contributed by atoms with E-state index in [-0.39, 0.29) is 18.0 Å². The number of benzene rings is 2. The molecule has 168 valence electrons. The van der Waals surface area contributed by atoms with Gasteiger partial charge in [0.05, 0.1) is 18.5 Å². The first-order valence-corrected chi connectivity index (χ1v) is 10.2. The van der Waals surface area contributed by atoms with Gasteiger partial charge in [-0.2, -0.15) is 0 Å². The summed E-state index contributed by atoms with van der Waals surface area (Å²) in [6.45, 7) is 1.41. The number of carbonyl (C=O) groups is 3. The van der Waals surface area contributed by atoms with Gasteiger partial charge in [-0.3, -0.25) is 19.3 Å². The molecule has 0 unspecified atom stereocenters. The van der Waals surface area contributed by atoms with Crippen LogP contribution in [0.4, 0.5) is 8.78 Å². The molecule has 0 spiro atoms. The summed E-state index contributed by atoms with van der Waals surface area (Å²) in [5.41, 5.74) is 6.69. The molecule has 1 aliphatic heterocycles. The van der Waals surface area contributed by atoms with Gasteiger partial charge in [0.25, 0.3) is 0 Å². The summed E-state index contributed by atoms with van der Waals surface area (Å²) in [6.07, 6.45) is 3.25. The fourth-order valence-electron chi connectivity index (χ4n) is 3.78. The van der Waals surface area contributed by atoms with Crippen LogP contribution in [0.1, 0.15) is 30.5 Å². The van der Waals surface area contributed by atoms with Crippen molar-refractivity contribution in [1.29, 1.82) is 0 Å². The molecule has 0 radical (unpaired) electrons.